The van der Waals surface area contributed by atoms with Gasteiger partial charge in [0.1, 0.15) is 36.6 Å². The highest BCUT2D eigenvalue weighted by atomic mass is 16.6. The van der Waals surface area contributed by atoms with E-state index in [1.807, 2.05) is 55.5 Å². The van der Waals surface area contributed by atoms with Gasteiger partial charge in [0.15, 0.2) is 0 Å². The highest BCUT2D eigenvalue weighted by Crippen LogP contribution is 2.34. The Balaban J connectivity index is 1.60. The van der Waals surface area contributed by atoms with Crippen LogP contribution >= 0.6 is 0 Å². The molecule has 2 aromatic carbocycles. The van der Waals surface area contributed by atoms with Gasteiger partial charge >= 0.3 is 0 Å². The van der Waals surface area contributed by atoms with Crippen LogP contribution in [0.5, 0.6) is 0 Å². The fourth-order valence-corrected chi connectivity index (χ4v) is 4.25. The largest absolute Gasteiger partial charge is 0.394 e. The lowest BCUT2D eigenvalue weighted by Gasteiger charge is -2.29. The first kappa shape index (κ1) is 21.8. The average molecular weight is 425 g/mol. The van der Waals surface area contributed by atoms with E-state index >= 15 is 0 Å². The number of pyridine rings is 1. The number of methoxy groups -OCH3 is 1. The topological polar surface area (TPSA) is 112 Å². The van der Waals surface area contributed by atoms with Crippen molar-refractivity contribution in [3.8, 4) is 11.1 Å². The minimum atomic E-state index is -1.28. The zero-order valence-electron chi connectivity index (χ0n) is 17.4. The van der Waals surface area contributed by atoms with Crippen LogP contribution in [0.25, 0.3) is 22.0 Å². The van der Waals surface area contributed by atoms with Crippen molar-refractivity contribution in [2.45, 2.75) is 43.5 Å². The zero-order chi connectivity index (χ0) is 22.1. The summed E-state index contributed by atoms with van der Waals surface area (Å²) in [4.78, 5) is 4.41. The monoisotopic (exact) mass is 425 g/mol. The molecule has 1 aromatic heterocycles. The number of aromatic nitrogens is 1. The molecule has 0 saturated carbocycles. The molecule has 1 aliphatic rings. The van der Waals surface area contributed by atoms with Gasteiger partial charge in [0.05, 0.1) is 12.1 Å². The highest BCUT2D eigenvalue weighted by Gasteiger charge is 2.48. The average Bonchev–Trinajstić information content (AvgIpc) is 3.07. The molecule has 0 aliphatic carbocycles. The Kier molecular flexibility index (Phi) is 6.34. The van der Waals surface area contributed by atoms with Gasteiger partial charge in [-0.3, -0.25) is 4.98 Å². The number of hydrogen-bond acceptors (Lipinski definition) is 7. The summed E-state index contributed by atoms with van der Waals surface area (Å²) in [5.41, 5.74) is 4.39. The Morgan fingerprint density at radius 1 is 1.06 bits per heavy atom. The van der Waals surface area contributed by atoms with Gasteiger partial charge in [-0.05, 0) is 41.3 Å². The number of fused-ring (bicyclic) bond motifs is 1. The fourth-order valence-electron chi connectivity index (χ4n) is 4.25. The molecule has 6 atom stereocenters. The molecule has 0 amide bonds. The molecular weight excluding hydrogens is 398 g/mol. The second-order valence-electron chi connectivity index (χ2n) is 7.93. The van der Waals surface area contributed by atoms with E-state index in [-0.39, 0.29) is 0 Å². The van der Waals surface area contributed by atoms with E-state index in [0.29, 0.717) is 5.56 Å². The molecule has 1 fully saturated rings. The van der Waals surface area contributed by atoms with Gasteiger partial charge in [0, 0.05) is 18.7 Å². The lowest BCUT2D eigenvalue weighted by molar-refractivity contribution is -0.129. The molecule has 4 rings (SSSR count). The number of aliphatic hydroxyl groups is 4. The summed E-state index contributed by atoms with van der Waals surface area (Å²) in [6.45, 7) is 1.46. The van der Waals surface area contributed by atoms with Crippen LogP contribution in [0.4, 0.5) is 0 Å². The van der Waals surface area contributed by atoms with Gasteiger partial charge in [-0.15, -0.1) is 0 Å². The first-order valence-corrected chi connectivity index (χ1v) is 10.2. The van der Waals surface area contributed by atoms with E-state index in [2.05, 4.69) is 4.98 Å². The van der Waals surface area contributed by atoms with Crippen LogP contribution in [0, 0.1) is 6.92 Å². The van der Waals surface area contributed by atoms with Crippen molar-refractivity contribution in [1.29, 1.82) is 0 Å². The van der Waals surface area contributed by atoms with Crippen molar-refractivity contribution in [3.05, 3.63) is 65.9 Å². The summed E-state index contributed by atoms with van der Waals surface area (Å²) >= 11 is 0. The second-order valence-corrected chi connectivity index (χ2v) is 7.93. The Hall–Kier alpha value is -2.39. The lowest BCUT2D eigenvalue weighted by Crippen LogP contribution is -2.43. The molecule has 3 unspecified atom stereocenters. The summed E-state index contributed by atoms with van der Waals surface area (Å²) in [6, 6.07) is 15.7. The Morgan fingerprint density at radius 3 is 2.48 bits per heavy atom. The minimum Gasteiger partial charge on any atom is -0.394 e. The number of benzene rings is 2. The third-order valence-electron chi connectivity index (χ3n) is 6.01. The molecular formula is C24H27NO6. The van der Waals surface area contributed by atoms with Gasteiger partial charge < -0.3 is 29.9 Å². The number of rotatable bonds is 6. The van der Waals surface area contributed by atoms with E-state index in [4.69, 9.17) is 9.47 Å². The van der Waals surface area contributed by atoms with Gasteiger partial charge in [-0.1, -0.05) is 36.4 Å². The van der Waals surface area contributed by atoms with Crippen molar-refractivity contribution >= 4 is 10.9 Å². The van der Waals surface area contributed by atoms with Crippen LogP contribution in [-0.2, 0) is 9.47 Å². The lowest BCUT2D eigenvalue weighted by atomic mass is 9.91. The maximum atomic E-state index is 11.0. The summed E-state index contributed by atoms with van der Waals surface area (Å²) in [6.07, 6.45) is -4.67. The summed E-state index contributed by atoms with van der Waals surface area (Å²) < 4.78 is 11.0. The maximum Gasteiger partial charge on any atom is 0.116 e. The van der Waals surface area contributed by atoms with Crippen LogP contribution < -0.4 is 0 Å². The number of ether oxygens (including phenoxy) is 2. The van der Waals surface area contributed by atoms with E-state index < -0.39 is 43.2 Å². The van der Waals surface area contributed by atoms with E-state index in [9.17, 15) is 20.4 Å². The van der Waals surface area contributed by atoms with Crippen molar-refractivity contribution in [3.63, 3.8) is 0 Å². The summed E-state index contributed by atoms with van der Waals surface area (Å²) in [5, 5.41) is 41.8. The van der Waals surface area contributed by atoms with Crippen LogP contribution in [-0.4, -0.2) is 69.6 Å². The SMILES string of the molecule is CO[C@@H](C1OC(CO)[C@@H](O)C1O)[C@H](O)c1ccc(-c2ccc3cccnc3c2)cc1C. The minimum absolute atomic E-state index is 0.435. The molecule has 0 bridgehead atoms. The number of aryl methyl sites for hydroxylation is 1. The van der Waals surface area contributed by atoms with Gasteiger partial charge in [-0.25, -0.2) is 0 Å². The smallest absolute Gasteiger partial charge is 0.116 e. The molecule has 7 heteroatoms. The zero-order valence-corrected chi connectivity index (χ0v) is 17.4. The Labute approximate surface area is 180 Å². The van der Waals surface area contributed by atoms with Gasteiger partial charge in [-0.2, -0.15) is 0 Å². The van der Waals surface area contributed by atoms with Crippen LogP contribution in [0.1, 0.15) is 17.2 Å². The van der Waals surface area contributed by atoms with Crippen molar-refractivity contribution < 1.29 is 29.9 Å². The first-order chi connectivity index (χ1) is 14.9. The number of hydrogen-bond donors (Lipinski definition) is 4. The van der Waals surface area contributed by atoms with Crippen LogP contribution in [0.15, 0.2) is 54.7 Å². The third kappa shape index (κ3) is 4.08. The highest BCUT2D eigenvalue weighted by molar-refractivity contribution is 5.84. The van der Waals surface area contributed by atoms with Crippen LogP contribution in [0.2, 0.25) is 0 Å². The van der Waals surface area contributed by atoms with Crippen molar-refractivity contribution in [2.24, 2.45) is 0 Å². The normalized spacial score (nSPS) is 25.6. The van der Waals surface area contributed by atoms with E-state index in [1.165, 1.54) is 7.11 Å². The van der Waals surface area contributed by atoms with Crippen molar-refractivity contribution in [2.75, 3.05) is 13.7 Å². The molecule has 1 saturated heterocycles. The molecule has 7 nitrogen and oxygen atoms in total. The maximum absolute atomic E-state index is 11.0. The molecule has 0 spiro atoms. The second kappa shape index (κ2) is 9.00. The van der Waals surface area contributed by atoms with E-state index in [0.717, 1.165) is 27.6 Å². The molecule has 31 heavy (non-hydrogen) atoms. The van der Waals surface area contributed by atoms with Gasteiger partial charge in [0.2, 0.25) is 0 Å². The summed E-state index contributed by atoms with van der Waals surface area (Å²) in [5.74, 6) is 0. The van der Waals surface area contributed by atoms with E-state index in [1.54, 1.807) is 6.20 Å². The molecule has 164 valence electrons. The van der Waals surface area contributed by atoms with Gasteiger partial charge in [0.25, 0.3) is 0 Å². The van der Waals surface area contributed by atoms with Crippen molar-refractivity contribution in [1.82, 2.24) is 4.98 Å². The van der Waals surface area contributed by atoms with Crippen LogP contribution in [0.3, 0.4) is 0 Å². The Morgan fingerprint density at radius 2 is 1.81 bits per heavy atom. The fraction of sp³-hybridized carbons (Fsp3) is 0.375. The Bertz CT molecular complexity index is 1060. The molecule has 4 N–H and O–H groups in total. The molecule has 2 heterocycles. The summed E-state index contributed by atoms with van der Waals surface area (Å²) in [7, 11) is 1.41. The predicted molar refractivity (Wildman–Crippen MR) is 115 cm³/mol. The quantitative estimate of drug-likeness (QED) is 0.476. The standard InChI is InChI=1S/C24H27NO6/c1-13-10-15(16-6-5-14-4-3-9-25-18(14)11-16)7-8-17(13)20(27)23(30-2)24-22(29)21(28)19(12-26)31-24/h3-11,19-24,26-29H,12H2,1-2H3/t19?,20-,21-,22?,23-,24?/m1/s1. The molecule has 3 aromatic rings. The molecule has 1 aliphatic heterocycles. The number of nitrogens with zero attached hydrogens (tertiary/aromatic N) is 1. The predicted octanol–water partition coefficient (Wildman–Crippen LogP) is 1.74. The first-order valence-electron chi connectivity index (χ1n) is 10.2. The molecule has 0 radical (unpaired) electrons. The third-order valence-corrected chi connectivity index (χ3v) is 6.01. The number of aliphatic hydroxyl groups excluding tert-OH is 4.